The highest BCUT2D eigenvalue weighted by Gasteiger charge is 2.51. The molecule has 1 fully saturated rings. The lowest BCUT2D eigenvalue weighted by molar-refractivity contribution is -0.170. The number of methoxy groups -OCH3 is 1. The summed E-state index contributed by atoms with van der Waals surface area (Å²) in [6.07, 6.45) is -3.81. The van der Waals surface area contributed by atoms with Crippen molar-refractivity contribution >= 4 is 5.97 Å². The van der Waals surface area contributed by atoms with E-state index in [0.29, 0.717) is 5.56 Å². The number of aromatic nitrogens is 2. The van der Waals surface area contributed by atoms with Crippen LogP contribution in [0, 0.1) is 12.3 Å². The molecular formula is C20H32N2O8. The van der Waals surface area contributed by atoms with Gasteiger partial charge in [-0.15, -0.1) is 0 Å². The monoisotopic (exact) mass is 428 g/mol. The second kappa shape index (κ2) is 9.42. The van der Waals surface area contributed by atoms with Gasteiger partial charge >= 0.3 is 11.7 Å². The number of nitrogens with zero attached hydrogens (tertiary/aromatic N) is 1. The number of aryl methyl sites for hydroxylation is 1. The summed E-state index contributed by atoms with van der Waals surface area (Å²) in [7, 11) is 1.53. The summed E-state index contributed by atoms with van der Waals surface area (Å²) < 4.78 is 24.0. The number of hydrogen-bond acceptors (Lipinski definition) is 8. The van der Waals surface area contributed by atoms with Gasteiger partial charge in [-0.3, -0.25) is 19.1 Å². The second-order valence-corrected chi connectivity index (χ2v) is 8.67. The van der Waals surface area contributed by atoms with E-state index in [0.717, 1.165) is 0 Å². The normalized spacial score (nSPS) is 26.4. The van der Waals surface area contributed by atoms with Gasteiger partial charge in [-0.1, -0.05) is 0 Å². The van der Waals surface area contributed by atoms with Gasteiger partial charge < -0.3 is 24.1 Å². The number of esters is 1. The fraction of sp³-hybridized carbons (Fsp3) is 0.750. The number of aromatic amines is 1. The molecule has 10 heteroatoms. The zero-order valence-corrected chi connectivity index (χ0v) is 18.5. The molecule has 0 bridgehead atoms. The molecule has 1 unspecified atom stereocenters. The summed E-state index contributed by atoms with van der Waals surface area (Å²) in [5.41, 5.74) is -1.71. The first-order valence-corrected chi connectivity index (χ1v) is 9.88. The van der Waals surface area contributed by atoms with Crippen LogP contribution in [-0.4, -0.2) is 64.9 Å². The average molecular weight is 428 g/mol. The van der Waals surface area contributed by atoms with Crippen molar-refractivity contribution in [2.45, 2.75) is 78.3 Å². The smallest absolute Gasteiger partial charge is 0.330 e. The van der Waals surface area contributed by atoms with E-state index in [1.165, 1.54) is 24.8 Å². The third kappa shape index (κ3) is 5.37. The number of carbonyl (C=O) groups is 1. The SMILES string of the molecule is CO[C@@H](C)CO[C@H]1C(OC(=O)C(C)(C)C)[C@@H]([C@H](C)O)O[C@H]1n1cc(C)c(=O)[nH]c1=O. The number of H-pyrrole nitrogens is 1. The molecule has 1 aliphatic rings. The van der Waals surface area contributed by atoms with Gasteiger partial charge in [0.2, 0.25) is 0 Å². The Kier molecular flexibility index (Phi) is 7.62. The van der Waals surface area contributed by atoms with E-state index in [9.17, 15) is 19.5 Å². The molecule has 0 saturated carbocycles. The minimum absolute atomic E-state index is 0.133. The summed E-state index contributed by atoms with van der Waals surface area (Å²) in [5, 5.41) is 10.3. The molecule has 0 radical (unpaired) electrons. The minimum atomic E-state index is -1.03. The van der Waals surface area contributed by atoms with E-state index >= 15 is 0 Å². The molecule has 1 aromatic rings. The van der Waals surface area contributed by atoms with Crippen LogP contribution in [0.3, 0.4) is 0 Å². The number of nitrogens with one attached hydrogen (secondary N) is 1. The lowest BCUT2D eigenvalue weighted by Gasteiger charge is -2.29. The lowest BCUT2D eigenvalue weighted by Crippen LogP contribution is -2.45. The molecule has 0 aliphatic carbocycles. The van der Waals surface area contributed by atoms with Gasteiger partial charge in [-0.25, -0.2) is 4.79 Å². The van der Waals surface area contributed by atoms with E-state index < -0.39 is 53.3 Å². The first-order chi connectivity index (χ1) is 13.9. The third-order valence-corrected chi connectivity index (χ3v) is 4.90. The minimum Gasteiger partial charge on any atom is -0.456 e. The van der Waals surface area contributed by atoms with Crippen molar-refractivity contribution in [2.75, 3.05) is 13.7 Å². The van der Waals surface area contributed by atoms with Crippen LogP contribution in [0.25, 0.3) is 0 Å². The number of hydrogen-bond donors (Lipinski definition) is 2. The van der Waals surface area contributed by atoms with Gasteiger partial charge in [0.25, 0.3) is 5.56 Å². The van der Waals surface area contributed by atoms with Crippen LogP contribution in [0.1, 0.15) is 46.4 Å². The molecule has 0 aromatic carbocycles. The summed E-state index contributed by atoms with van der Waals surface area (Å²) in [5.74, 6) is -0.499. The summed E-state index contributed by atoms with van der Waals surface area (Å²) in [6.45, 7) is 10.1. The van der Waals surface area contributed by atoms with Crippen molar-refractivity contribution in [1.82, 2.24) is 9.55 Å². The standard InChI is InChI=1S/C20H32N2O8/c1-10-8-22(19(26)21-16(10)24)17-15(28-9-11(2)27-7)14(13(29-17)12(3)23)30-18(25)20(4,5)6/h8,11-15,17,23H,9H2,1-7H3,(H,21,24,26)/t11-,12-,13+,14?,15-,17+/m0/s1. The fourth-order valence-electron chi connectivity index (χ4n) is 2.98. The van der Waals surface area contributed by atoms with E-state index in [1.807, 2.05) is 0 Å². The number of aliphatic hydroxyl groups is 1. The van der Waals surface area contributed by atoms with Crippen LogP contribution >= 0.6 is 0 Å². The summed E-state index contributed by atoms with van der Waals surface area (Å²) in [4.78, 5) is 39.0. The number of ether oxygens (including phenoxy) is 4. The maximum Gasteiger partial charge on any atom is 0.330 e. The molecule has 0 amide bonds. The first-order valence-electron chi connectivity index (χ1n) is 9.88. The van der Waals surface area contributed by atoms with E-state index in [2.05, 4.69) is 4.98 Å². The Morgan fingerprint density at radius 2 is 1.93 bits per heavy atom. The highest BCUT2D eigenvalue weighted by Crippen LogP contribution is 2.36. The molecule has 0 spiro atoms. The predicted molar refractivity (Wildman–Crippen MR) is 107 cm³/mol. The van der Waals surface area contributed by atoms with Crippen LogP contribution in [0.4, 0.5) is 0 Å². The zero-order chi connectivity index (χ0) is 22.8. The molecule has 30 heavy (non-hydrogen) atoms. The van der Waals surface area contributed by atoms with Gasteiger partial charge in [0.05, 0.1) is 24.2 Å². The van der Waals surface area contributed by atoms with Crippen LogP contribution in [0.5, 0.6) is 0 Å². The number of rotatable bonds is 7. The van der Waals surface area contributed by atoms with Gasteiger partial charge in [0.1, 0.15) is 12.2 Å². The van der Waals surface area contributed by atoms with Crippen molar-refractivity contribution < 1.29 is 28.8 Å². The van der Waals surface area contributed by atoms with Crippen LogP contribution in [-0.2, 0) is 23.7 Å². The molecule has 1 aromatic heterocycles. The van der Waals surface area contributed by atoms with Gasteiger partial charge in [0, 0.05) is 18.9 Å². The highest BCUT2D eigenvalue weighted by molar-refractivity contribution is 5.75. The van der Waals surface area contributed by atoms with Crippen molar-refractivity contribution in [3.63, 3.8) is 0 Å². The van der Waals surface area contributed by atoms with Crippen molar-refractivity contribution in [3.05, 3.63) is 32.6 Å². The van der Waals surface area contributed by atoms with Crippen LogP contribution in [0.15, 0.2) is 15.8 Å². The van der Waals surface area contributed by atoms with Gasteiger partial charge in [-0.2, -0.15) is 0 Å². The Hall–Kier alpha value is -2.01. The first kappa shape index (κ1) is 24.3. The average Bonchev–Trinajstić information content (AvgIpc) is 3.00. The quantitative estimate of drug-likeness (QED) is 0.601. The van der Waals surface area contributed by atoms with Gasteiger partial charge in [-0.05, 0) is 41.5 Å². The Labute approximate surface area is 175 Å². The number of aliphatic hydroxyl groups excluding tert-OH is 1. The van der Waals surface area contributed by atoms with Crippen molar-refractivity contribution in [1.29, 1.82) is 0 Å². The number of carbonyl (C=O) groups excluding carboxylic acids is 1. The Morgan fingerprint density at radius 1 is 1.30 bits per heavy atom. The zero-order valence-electron chi connectivity index (χ0n) is 18.5. The van der Waals surface area contributed by atoms with Crippen molar-refractivity contribution in [2.24, 2.45) is 5.41 Å². The van der Waals surface area contributed by atoms with Crippen LogP contribution in [0.2, 0.25) is 0 Å². The van der Waals surface area contributed by atoms with E-state index in [-0.39, 0.29) is 12.7 Å². The highest BCUT2D eigenvalue weighted by atomic mass is 16.6. The Morgan fingerprint density at radius 3 is 2.47 bits per heavy atom. The maximum absolute atomic E-state index is 12.6. The Balaban J connectivity index is 2.49. The fourth-order valence-corrected chi connectivity index (χ4v) is 2.98. The maximum atomic E-state index is 12.6. The third-order valence-electron chi connectivity index (χ3n) is 4.90. The van der Waals surface area contributed by atoms with E-state index in [4.69, 9.17) is 18.9 Å². The molecule has 2 heterocycles. The topological polar surface area (TPSA) is 129 Å². The van der Waals surface area contributed by atoms with Crippen molar-refractivity contribution in [3.8, 4) is 0 Å². The molecule has 2 N–H and O–H groups in total. The molecule has 1 saturated heterocycles. The largest absolute Gasteiger partial charge is 0.456 e. The summed E-state index contributed by atoms with van der Waals surface area (Å²) >= 11 is 0. The van der Waals surface area contributed by atoms with Gasteiger partial charge in [0.15, 0.2) is 12.3 Å². The van der Waals surface area contributed by atoms with Crippen LogP contribution < -0.4 is 11.2 Å². The molecule has 10 nitrogen and oxygen atoms in total. The lowest BCUT2D eigenvalue weighted by atomic mass is 9.96. The molecule has 2 rings (SSSR count). The second-order valence-electron chi connectivity index (χ2n) is 8.67. The predicted octanol–water partition coefficient (Wildman–Crippen LogP) is 0.501. The molecule has 1 aliphatic heterocycles. The Bertz CT molecular complexity index is 854. The molecule has 6 atom stereocenters. The van der Waals surface area contributed by atoms with E-state index in [1.54, 1.807) is 34.6 Å². The summed E-state index contributed by atoms with van der Waals surface area (Å²) in [6, 6.07) is 0. The molecule has 170 valence electrons. The molecular weight excluding hydrogens is 396 g/mol.